The molecule has 134 valence electrons. The van der Waals surface area contributed by atoms with Crippen LogP contribution in [0.2, 0.25) is 0 Å². The lowest BCUT2D eigenvalue weighted by Gasteiger charge is -2.34. The zero-order valence-corrected chi connectivity index (χ0v) is 14.5. The first-order valence-electron chi connectivity index (χ1n) is 8.81. The average Bonchev–Trinajstić information content (AvgIpc) is 3.05. The van der Waals surface area contributed by atoms with Gasteiger partial charge < -0.3 is 16.0 Å². The van der Waals surface area contributed by atoms with Crippen LogP contribution >= 0.6 is 0 Å². The number of para-hydroxylation sites is 1. The molecule has 0 aliphatic carbocycles. The number of aromatic nitrogens is 2. The summed E-state index contributed by atoms with van der Waals surface area (Å²) in [6.07, 6.45) is 2.35. The number of H-pyrrole nitrogens is 1. The molecule has 2 heterocycles. The van der Waals surface area contributed by atoms with Crippen LogP contribution in [0.1, 0.15) is 36.7 Å². The number of hydrogen-bond donors (Lipinski definition) is 3. The van der Waals surface area contributed by atoms with E-state index in [1.54, 1.807) is 0 Å². The van der Waals surface area contributed by atoms with Crippen molar-refractivity contribution in [1.29, 1.82) is 0 Å². The third-order valence-corrected chi connectivity index (χ3v) is 4.86. The monoisotopic (exact) mass is 343 g/mol. The van der Waals surface area contributed by atoms with E-state index in [1.807, 2.05) is 36.1 Å². The van der Waals surface area contributed by atoms with Gasteiger partial charge in [0.1, 0.15) is 0 Å². The van der Waals surface area contributed by atoms with Crippen molar-refractivity contribution in [3.8, 4) is 0 Å². The Hall–Kier alpha value is -2.41. The van der Waals surface area contributed by atoms with Crippen molar-refractivity contribution >= 4 is 22.7 Å². The molecule has 1 aromatic heterocycles. The van der Waals surface area contributed by atoms with Crippen LogP contribution in [-0.4, -0.2) is 52.6 Å². The summed E-state index contributed by atoms with van der Waals surface area (Å²) in [6.45, 7) is 3.79. The van der Waals surface area contributed by atoms with E-state index >= 15 is 0 Å². The van der Waals surface area contributed by atoms with Crippen molar-refractivity contribution in [2.24, 2.45) is 11.7 Å². The van der Waals surface area contributed by atoms with Gasteiger partial charge in [0.2, 0.25) is 5.91 Å². The molecule has 1 saturated heterocycles. The van der Waals surface area contributed by atoms with Gasteiger partial charge in [-0.25, -0.2) is 0 Å². The number of hydrogen-bond acceptors (Lipinski definition) is 4. The van der Waals surface area contributed by atoms with Gasteiger partial charge in [-0.2, -0.15) is 5.10 Å². The van der Waals surface area contributed by atoms with E-state index in [-0.39, 0.29) is 17.9 Å². The number of amides is 2. The Labute approximate surface area is 146 Å². The van der Waals surface area contributed by atoms with Gasteiger partial charge in [-0.3, -0.25) is 14.7 Å². The number of likely N-dealkylation sites (tertiary alicyclic amines) is 1. The summed E-state index contributed by atoms with van der Waals surface area (Å²) >= 11 is 0. The van der Waals surface area contributed by atoms with E-state index in [1.165, 1.54) is 0 Å². The van der Waals surface area contributed by atoms with E-state index in [4.69, 9.17) is 5.73 Å². The molecular formula is C18H25N5O2. The number of nitrogens with two attached hydrogens (primary N) is 1. The van der Waals surface area contributed by atoms with Crippen LogP contribution in [0.3, 0.4) is 0 Å². The Morgan fingerprint density at radius 3 is 3.04 bits per heavy atom. The predicted molar refractivity (Wildman–Crippen MR) is 96.0 cm³/mol. The summed E-state index contributed by atoms with van der Waals surface area (Å²) in [7, 11) is 0. The van der Waals surface area contributed by atoms with E-state index in [0.717, 1.165) is 30.3 Å². The van der Waals surface area contributed by atoms with Crippen molar-refractivity contribution in [2.45, 2.75) is 32.2 Å². The number of nitrogens with zero attached hydrogens (tertiary/aromatic N) is 2. The lowest BCUT2D eigenvalue weighted by molar-refractivity contribution is -0.132. The van der Waals surface area contributed by atoms with Crippen molar-refractivity contribution < 1.29 is 9.59 Å². The second-order valence-corrected chi connectivity index (χ2v) is 6.72. The molecule has 7 nitrogen and oxygen atoms in total. The van der Waals surface area contributed by atoms with Crippen LogP contribution in [0, 0.1) is 5.92 Å². The van der Waals surface area contributed by atoms with Crippen molar-refractivity contribution in [3.63, 3.8) is 0 Å². The van der Waals surface area contributed by atoms with Gasteiger partial charge in [0.15, 0.2) is 5.69 Å². The maximum Gasteiger partial charge on any atom is 0.272 e. The molecule has 0 saturated carbocycles. The predicted octanol–water partition coefficient (Wildman–Crippen LogP) is 1.27. The third-order valence-electron chi connectivity index (χ3n) is 4.86. The maximum atomic E-state index is 12.4. The second-order valence-electron chi connectivity index (χ2n) is 6.72. The quantitative estimate of drug-likeness (QED) is 0.760. The summed E-state index contributed by atoms with van der Waals surface area (Å²) in [4.78, 5) is 26.5. The number of carbonyl (C=O) groups excluding carboxylic acids is 2. The van der Waals surface area contributed by atoms with Gasteiger partial charge >= 0.3 is 0 Å². The zero-order chi connectivity index (χ0) is 17.8. The minimum atomic E-state index is -0.266. The van der Waals surface area contributed by atoms with Crippen LogP contribution in [0.25, 0.3) is 10.9 Å². The Balaban J connectivity index is 1.50. The van der Waals surface area contributed by atoms with Crippen LogP contribution in [0.5, 0.6) is 0 Å². The van der Waals surface area contributed by atoms with Gasteiger partial charge in [0.05, 0.1) is 5.52 Å². The second kappa shape index (κ2) is 7.65. The highest BCUT2D eigenvalue weighted by molar-refractivity contribution is 6.04. The molecule has 0 radical (unpaired) electrons. The number of rotatable bonds is 5. The highest BCUT2D eigenvalue weighted by Gasteiger charge is 2.25. The first kappa shape index (κ1) is 17.4. The molecule has 3 rings (SSSR count). The summed E-state index contributed by atoms with van der Waals surface area (Å²) in [6, 6.07) is 7.57. The maximum absolute atomic E-state index is 12.4. The average molecular weight is 343 g/mol. The van der Waals surface area contributed by atoms with Gasteiger partial charge in [-0.15, -0.1) is 0 Å². The highest BCUT2D eigenvalue weighted by atomic mass is 16.2. The summed E-state index contributed by atoms with van der Waals surface area (Å²) in [5, 5.41) is 10.5. The fourth-order valence-corrected chi connectivity index (χ4v) is 3.33. The first-order valence-corrected chi connectivity index (χ1v) is 8.81. The molecule has 1 aliphatic rings. The fourth-order valence-electron chi connectivity index (χ4n) is 3.33. The molecule has 1 aliphatic heterocycles. The first-order chi connectivity index (χ1) is 12.1. The number of fused-ring (bicyclic) bond motifs is 1. The highest BCUT2D eigenvalue weighted by Crippen LogP contribution is 2.19. The minimum Gasteiger partial charge on any atom is -0.350 e. The molecule has 1 aromatic carbocycles. The molecule has 0 bridgehead atoms. The van der Waals surface area contributed by atoms with Crippen molar-refractivity contribution in [2.75, 3.05) is 19.6 Å². The number of benzene rings is 1. The normalized spacial score (nSPS) is 19.0. The molecular weight excluding hydrogens is 318 g/mol. The van der Waals surface area contributed by atoms with E-state index < -0.39 is 0 Å². The Morgan fingerprint density at radius 1 is 1.44 bits per heavy atom. The van der Waals surface area contributed by atoms with Crippen LogP contribution < -0.4 is 11.1 Å². The topological polar surface area (TPSA) is 104 Å². The fraction of sp³-hybridized carbons (Fsp3) is 0.500. The smallest absolute Gasteiger partial charge is 0.272 e. The molecule has 7 heteroatoms. The van der Waals surface area contributed by atoms with Crippen LogP contribution in [-0.2, 0) is 4.79 Å². The molecule has 1 fully saturated rings. The van der Waals surface area contributed by atoms with Crippen LogP contribution in [0.15, 0.2) is 24.3 Å². The zero-order valence-electron chi connectivity index (χ0n) is 14.5. The Kier molecular flexibility index (Phi) is 5.33. The molecule has 25 heavy (non-hydrogen) atoms. The lowest BCUT2D eigenvalue weighted by Crippen LogP contribution is -2.45. The standard InChI is InChI=1S/C18H25N5O2/c1-12(19)13-5-4-10-23(11-13)16(24)8-9-20-18(25)17-14-6-2-3-7-15(14)21-22-17/h2-3,6-7,12-13H,4-5,8-11,19H2,1H3,(H,20,25)(H,21,22). The minimum absolute atomic E-state index is 0.0672. The van der Waals surface area contributed by atoms with Gasteiger partial charge in [0, 0.05) is 37.5 Å². The number of nitrogens with one attached hydrogen (secondary N) is 2. The van der Waals surface area contributed by atoms with Crippen molar-refractivity contribution in [3.05, 3.63) is 30.0 Å². The Bertz CT molecular complexity index is 755. The lowest BCUT2D eigenvalue weighted by atomic mass is 9.92. The largest absolute Gasteiger partial charge is 0.350 e. The van der Waals surface area contributed by atoms with Gasteiger partial charge in [-0.05, 0) is 31.7 Å². The van der Waals surface area contributed by atoms with Gasteiger partial charge in [0.25, 0.3) is 5.91 Å². The van der Waals surface area contributed by atoms with Crippen molar-refractivity contribution in [1.82, 2.24) is 20.4 Å². The molecule has 2 atom stereocenters. The number of aromatic amines is 1. The molecule has 0 spiro atoms. The Morgan fingerprint density at radius 2 is 2.24 bits per heavy atom. The van der Waals surface area contributed by atoms with Crippen LogP contribution in [0.4, 0.5) is 0 Å². The molecule has 2 amide bonds. The molecule has 2 aromatic rings. The summed E-state index contributed by atoms with van der Waals surface area (Å²) in [5.41, 5.74) is 7.14. The van der Waals surface area contributed by atoms with E-state index in [9.17, 15) is 9.59 Å². The van der Waals surface area contributed by atoms with E-state index in [0.29, 0.717) is 31.1 Å². The number of carbonyl (C=O) groups is 2. The third kappa shape index (κ3) is 3.99. The molecule has 2 unspecified atom stereocenters. The van der Waals surface area contributed by atoms with E-state index in [2.05, 4.69) is 15.5 Å². The van der Waals surface area contributed by atoms with Gasteiger partial charge in [-0.1, -0.05) is 18.2 Å². The summed E-state index contributed by atoms with van der Waals surface area (Å²) < 4.78 is 0. The molecule has 4 N–H and O–H groups in total. The SMILES string of the molecule is CC(N)C1CCCN(C(=O)CCNC(=O)c2n[nH]c3ccccc23)C1. The summed E-state index contributed by atoms with van der Waals surface area (Å²) in [5.74, 6) is 0.164. The number of piperidine rings is 1.